The maximum absolute atomic E-state index is 12.0. The monoisotopic (exact) mass is 309 g/mol. The quantitative estimate of drug-likeness (QED) is 0.667. The molecule has 0 aliphatic carbocycles. The maximum atomic E-state index is 12.0. The van der Waals surface area contributed by atoms with Gasteiger partial charge >= 0.3 is 5.97 Å². The Morgan fingerprint density at radius 3 is 2.23 bits per heavy atom. The van der Waals surface area contributed by atoms with E-state index in [-0.39, 0.29) is 5.69 Å². The number of hydrogen-bond acceptors (Lipinski definition) is 7. The molecule has 0 spiro atoms. The van der Waals surface area contributed by atoms with Crippen LogP contribution in [0.1, 0.15) is 39.6 Å². The van der Waals surface area contributed by atoms with Gasteiger partial charge in [0.25, 0.3) is 0 Å². The summed E-state index contributed by atoms with van der Waals surface area (Å²) in [5, 5.41) is 0. The molecule has 0 unspecified atom stereocenters. The first-order chi connectivity index (χ1) is 10.6. The summed E-state index contributed by atoms with van der Waals surface area (Å²) in [6, 6.07) is 1.82. The standard InChI is InChI=1S/C15H19NO6/c1-8-7-9(14-19-3-4-20-14)11(15-21-5-6-22-15)12(16)10(8)13(17)18-2/h7,14-15H,3-6,16H2,1-2H3. The van der Waals surface area contributed by atoms with E-state index >= 15 is 0 Å². The Morgan fingerprint density at radius 1 is 1.14 bits per heavy atom. The number of hydrogen-bond donors (Lipinski definition) is 1. The Morgan fingerprint density at radius 2 is 1.68 bits per heavy atom. The molecule has 2 N–H and O–H groups in total. The predicted molar refractivity (Wildman–Crippen MR) is 76.2 cm³/mol. The minimum Gasteiger partial charge on any atom is -0.465 e. The third-order valence-electron chi connectivity index (χ3n) is 3.76. The van der Waals surface area contributed by atoms with E-state index in [1.54, 1.807) is 6.92 Å². The van der Waals surface area contributed by atoms with Crippen LogP contribution in [0.5, 0.6) is 0 Å². The summed E-state index contributed by atoms with van der Waals surface area (Å²) in [4.78, 5) is 12.0. The van der Waals surface area contributed by atoms with E-state index in [1.165, 1.54) is 7.11 Å². The molecule has 0 atom stereocenters. The molecule has 2 heterocycles. The molecular formula is C15H19NO6. The number of anilines is 1. The first kappa shape index (κ1) is 15.2. The number of nitrogen functional groups attached to an aromatic ring is 1. The van der Waals surface area contributed by atoms with Gasteiger partial charge in [-0.25, -0.2) is 4.79 Å². The van der Waals surface area contributed by atoms with Crippen LogP contribution in [0.4, 0.5) is 5.69 Å². The Hall–Kier alpha value is -1.67. The van der Waals surface area contributed by atoms with Crippen molar-refractivity contribution in [2.45, 2.75) is 19.5 Å². The lowest BCUT2D eigenvalue weighted by atomic mass is 9.95. The van der Waals surface area contributed by atoms with Crippen molar-refractivity contribution in [2.75, 3.05) is 39.3 Å². The molecule has 0 bridgehead atoms. The third-order valence-corrected chi connectivity index (χ3v) is 3.76. The lowest BCUT2D eigenvalue weighted by molar-refractivity contribution is -0.0633. The van der Waals surface area contributed by atoms with Gasteiger partial charge in [-0.15, -0.1) is 0 Å². The van der Waals surface area contributed by atoms with E-state index in [4.69, 9.17) is 29.4 Å². The predicted octanol–water partition coefficient (Wildman–Crippen LogP) is 1.45. The fraction of sp³-hybridized carbons (Fsp3) is 0.533. The third kappa shape index (κ3) is 2.56. The van der Waals surface area contributed by atoms with Gasteiger partial charge in [-0.05, 0) is 18.6 Å². The van der Waals surface area contributed by atoms with Gasteiger partial charge in [-0.3, -0.25) is 0 Å². The van der Waals surface area contributed by atoms with Crippen molar-refractivity contribution in [3.05, 3.63) is 28.3 Å². The highest BCUT2D eigenvalue weighted by atomic mass is 16.7. The molecule has 1 aromatic rings. The van der Waals surface area contributed by atoms with Crippen LogP contribution in [0.15, 0.2) is 6.07 Å². The zero-order chi connectivity index (χ0) is 15.7. The number of carbonyl (C=O) groups excluding carboxylic acids is 1. The van der Waals surface area contributed by atoms with Crippen molar-refractivity contribution in [3.63, 3.8) is 0 Å². The normalized spacial score (nSPS) is 19.7. The Labute approximate surface area is 128 Å². The van der Waals surface area contributed by atoms with Crippen LogP contribution in [0, 0.1) is 6.92 Å². The minimum atomic E-state index is -0.633. The van der Waals surface area contributed by atoms with Crippen molar-refractivity contribution >= 4 is 11.7 Å². The van der Waals surface area contributed by atoms with Crippen molar-refractivity contribution < 1.29 is 28.5 Å². The average Bonchev–Trinajstić information content (AvgIpc) is 3.19. The van der Waals surface area contributed by atoms with E-state index in [1.807, 2.05) is 6.07 Å². The van der Waals surface area contributed by atoms with Crippen LogP contribution >= 0.6 is 0 Å². The van der Waals surface area contributed by atoms with E-state index in [9.17, 15) is 4.79 Å². The van der Waals surface area contributed by atoms with Crippen LogP contribution in [-0.4, -0.2) is 39.5 Å². The molecule has 0 saturated carbocycles. The highest BCUT2D eigenvalue weighted by Crippen LogP contribution is 2.40. The molecule has 1 aromatic carbocycles. The van der Waals surface area contributed by atoms with Crippen molar-refractivity contribution in [3.8, 4) is 0 Å². The second-order valence-electron chi connectivity index (χ2n) is 5.12. The number of esters is 1. The largest absolute Gasteiger partial charge is 0.465 e. The molecule has 7 nitrogen and oxygen atoms in total. The highest BCUT2D eigenvalue weighted by molar-refractivity contribution is 5.97. The number of nitrogens with two attached hydrogens (primary N) is 1. The van der Waals surface area contributed by atoms with Gasteiger partial charge in [-0.2, -0.15) is 0 Å². The summed E-state index contributed by atoms with van der Waals surface area (Å²) < 4.78 is 27.1. The number of aryl methyl sites for hydroxylation is 1. The fourth-order valence-corrected chi connectivity index (χ4v) is 2.78. The Kier molecular flexibility index (Phi) is 4.30. The molecule has 7 heteroatoms. The molecule has 0 aromatic heterocycles. The molecule has 0 radical (unpaired) electrons. The summed E-state index contributed by atoms with van der Waals surface area (Å²) in [7, 11) is 1.32. The van der Waals surface area contributed by atoms with Crippen molar-refractivity contribution in [1.82, 2.24) is 0 Å². The molecule has 2 saturated heterocycles. The van der Waals surface area contributed by atoms with Gasteiger partial charge < -0.3 is 29.4 Å². The van der Waals surface area contributed by atoms with Crippen molar-refractivity contribution in [2.24, 2.45) is 0 Å². The van der Waals surface area contributed by atoms with E-state index < -0.39 is 18.5 Å². The summed E-state index contributed by atoms with van der Waals surface area (Å²) in [6.45, 7) is 3.75. The average molecular weight is 309 g/mol. The molecule has 120 valence electrons. The smallest absolute Gasteiger partial charge is 0.340 e. The minimum absolute atomic E-state index is 0.285. The first-order valence-electron chi connectivity index (χ1n) is 7.11. The summed E-state index contributed by atoms with van der Waals surface area (Å²) >= 11 is 0. The molecule has 2 aliphatic rings. The second-order valence-corrected chi connectivity index (χ2v) is 5.12. The number of rotatable bonds is 3. The van der Waals surface area contributed by atoms with E-state index in [0.29, 0.717) is 43.1 Å². The first-order valence-corrected chi connectivity index (χ1v) is 7.11. The Bertz CT molecular complexity index is 576. The van der Waals surface area contributed by atoms with Crippen LogP contribution in [0.3, 0.4) is 0 Å². The summed E-state index contributed by atoms with van der Waals surface area (Å²) in [5.41, 5.74) is 8.84. The molecule has 2 aliphatic heterocycles. The molecule has 3 rings (SSSR count). The van der Waals surface area contributed by atoms with Crippen LogP contribution in [0.25, 0.3) is 0 Å². The molecule has 0 amide bonds. The lowest BCUT2D eigenvalue weighted by Gasteiger charge is -2.23. The SMILES string of the molecule is COC(=O)c1c(C)cc(C2OCCO2)c(C2OCCO2)c1N. The van der Waals surface area contributed by atoms with Gasteiger partial charge in [0.1, 0.15) is 0 Å². The van der Waals surface area contributed by atoms with E-state index in [0.717, 1.165) is 5.56 Å². The second kappa shape index (κ2) is 6.21. The van der Waals surface area contributed by atoms with Crippen LogP contribution in [-0.2, 0) is 23.7 Å². The van der Waals surface area contributed by atoms with Crippen LogP contribution < -0.4 is 5.73 Å². The maximum Gasteiger partial charge on any atom is 0.340 e. The van der Waals surface area contributed by atoms with Crippen LogP contribution in [0.2, 0.25) is 0 Å². The molecule has 22 heavy (non-hydrogen) atoms. The Balaban J connectivity index is 2.14. The summed E-state index contributed by atoms with van der Waals surface area (Å²) in [5.74, 6) is -0.492. The van der Waals surface area contributed by atoms with Gasteiger partial charge in [0.15, 0.2) is 12.6 Å². The highest BCUT2D eigenvalue weighted by Gasteiger charge is 2.33. The zero-order valence-corrected chi connectivity index (χ0v) is 12.6. The zero-order valence-electron chi connectivity index (χ0n) is 12.6. The van der Waals surface area contributed by atoms with Gasteiger partial charge in [0.2, 0.25) is 0 Å². The fourth-order valence-electron chi connectivity index (χ4n) is 2.78. The van der Waals surface area contributed by atoms with E-state index in [2.05, 4.69) is 0 Å². The topological polar surface area (TPSA) is 89.2 Å². The van der Waals surface area contributed by atoms with Gasteiger partial charge in [0, 0.05) is 11.1 Å². The van der Waals surface area contributed by atoms with Gasteiger partial charge in [-0.1, -0.05) is 0 Å². The molecular weight excluding hydrogens is 290 g/mol. The molecule has 2 fully saturated rings. The lowest BCUT2D eigenvalue weighted by Crippen LogP contribution is -2.17. The number of ether oxygens (including phenoxy) is 5. The van der Waals surface area contributed by atoms with Gasteiger partial charge in [0.05, 0.1) is 44.8 Å². The summed E-state index contributed by atoms with van der Waals surface area (Å²) in [6.07, 6.45) is -1.16. The van der Waals surface area contributed by atoms with Crippen molar-refractivity contribution in [1.29, 1.82) is 0 Å². The number of benzene rings is 1. The number of methoxy groups -OCH3 is 1. The number of carbonyl (C=O) groups is 1.